The van der Waals surface area contributed by atoms with E-state index in [4.69, 9.17) is 33.2 Å². The zero-order chi connectivity index (χ0) is 27.8. The Morgan fingerprint density at radius 2 is 1.49 bits per heavy atom. The van der Waals surface area contributed by atoms with E-state index in [-0.39, 0.29) is 18.6 Å². The number of esters is 1. The first-order valence-electron chi connectivity index (χ1n) is 12.6. The van der Waals surface area contributed by atoms with Crippen molar-refractivity contribution in [1.82, 2.24) is 0 Å². The SMILES string of the molecule is COc1cc2c(c(OC)c1OC)-c1c(cc3c(c1OC)OCO3)C(O)C(C)C(C)C2OC(=O)c1ccccc1. The van der Waals surface area contributed by atoms with Gasteiger partial charge in [0.2, 0.25) is 18.3 Å². The highest BCUT2D eigenvalue weighted by Crippen LogP contribution is 2.60. The third-order valence-corrected chi connectivity index (χ3v) is 7.64. The molecule has 1 aliphatic heterocycles. The molecule has 4 atom stereocenters. The molecule has 5 rings (SSSR count). The maximum absolute atomic E-state index is 13.4. The maximum atomic E-state index is 13.4. The fraction of sp³-hybridized carbons (Fsp3) is 0.367. The molecule has 0 saturated carbocycles. The van der Waals surface area contributed by atoms with Crippen molar-refractivity contribution in [2.24, 2.45) is 11.8 Å². The van der Waals surface area contributed by atoms with Crippen LogP contribution in [0.5, 0.6) is 34.5 Å². The van der Waals surface area contributed by atoms with Crippen molar-refractivity contribution in [2.75, 3.05) is 35.2 Å². The highest BCUT2D eigenvalue weighted by molar-refractivity contribution is 5.91. The topological polar surface area (TPSA) is 102 Å². The molecular weight excluding hydrogens is 504 g/mol. The molecule has 3 aromatic rings. The lowest BCUT2D eigenvalue weighted by atomic mass is 9.74. The van der Waals surface area contributed by atoms with Crippen LogP contribution in [0.15, 0.2) is 42.5 Å². The summed E-state index contributed by atoms with van der Waals surface area (Å²) in [5.41, 5.74) is 2.65. The molecule has 206 valence electrons. The molecule has 9 nitrogen and oxygen atoms in total. The van der Waals surface area contributed by atoms with Crippen molar-refractivity contribution < 1.29 is 43.1 Å². The quantitative estimate of drug-likeness (QED) is 0.419. The van der Waals surface area contributed by atoms with Gasteiger partial charge in [0.15, 0.2) is 23.0 Å². The first-order valence-corrected chi connectivity index (χ1v) is 12.6. The predicted octanol–water partition coefficient (Wildman–Crippen LogP) is 5.33. The Kier molecular flexibility index (Phi) is 7.18. The van der Waals surface area contributed by atoms with E-state index in [0.717, 1.165) is 0 Å². The number of ether oxygens (including phenoxy) is 7. The summed E-state index contributed by atoms with van der Waals surface area (Å²) in [6.07, 6.45) is -1.77. The lowest BCUT2D eigenvalue weighted by Gasteiger charge is -2.37. The van der Waals surface area contributed by atoms with Crippen LogP contribution in [0.1, 0.15) is 47.5 Å². The standard InChI is InChI=1S/C30H32O9/c1-15-16(2)25(39-30(32)17-10-8-7-9-11-17)19-13-20(33-3)26(34-4)28(35-5)23(19)22-18(24(15)31)12-21-27(29(22)36-6)38-14-37-21/h7-13,15-16,24-25,31H,14H2,1-6H3. The van der Waals surface area contributed by atoms with E-state index in [0.29, 0.717) is 62.3 Å². The zero-order valence-corrected chi connectivity index (χ0v) is 22.8. The summed E-state index contributed by atoms with van der Waals surface area (Å²) in [6, 6.07) is 12.3. The molecule has 0 bridgehead atoms. The number of carbonyl (C=O) groups is 1. The van der Waals surface area contributed by atoms with Gasteiger partial charge in [-0.05, 0) is 35.7 Å². The Balaban J connectivity index is 1.86. The average Bonchev–Trinajstić information content (AvgIpc) is 3.45. The maximum Gasteiger partial charge on any atom is 0.338 e. The molecule has 0 radical (unpaired) electrons. The van der Waals surface area contributed by atoms with Crippen molar-refractivity contribution in [3.63, 3.8) is 0 Å². The Morgan fingerprint density at radius 3 is 2.13 bits per heavy atom. The molecule has 2 aliphatic rings. The molecule has 1 N–H and O–H groups in total. The summed E-state index contributed by atoms with van der Waals surface area (Å²) in [4.78, 5) is 13.4. The van der Waals surface area contributed by atoms with E-state index < -0.39 is 18.2 Å². The minimum absolute atomic E-state index is 0.0177. The number of fused-ring (bicyclic) bond motifs is 4. The summed E-state index contributed by atoms with van der Waals surface area (Å²) in [5.74, 6) is 1.13. The zero-order valence-electron chi connectivity index (χ0n) is 22.8. The summed E-state index contributed by atoms with van der Waals surface area (Å²) >= 11 is 0. The molecule has 0 fully saturated rings. The molecule has 4 unspecified atom stereocenters. The molecule has 1 aliphatic carbocycles. The third-order valence-electron chi connectivity index (χ3n) is 7.64. The third kappa shape index (κ3) is 4.27. The number of aliphatic hydroxyl groups excluding tert-OH is 1. The van der Waals surface area contributed by atoms with Gasteiger partial charge in [0, 0.05) is 22.6 Å². The Bertz CT molecular complexity index is 1390. The van der Waals surface area contributed by atoms with Crippen LogP contribution < -0.4 is 28.4 Å². The van der Waals surface area contributed by atoms with Gasteiger partial charge in [0.1, 0.15) is 6.10 Å². The van der Waals surface area contributed by atoms with E-state index in [1.807, 2.05) is 19.9 Å². The van der Waals surface area contributed by atoms with Gasteiger partial charge in [-0.15, -0.1) is 0 Å². The van der Waals surface area contributed by atoms with Crippen molar-refractivity contribution in [3.05, 3.63) is 59.2 Å². The van der Waals surface area contributed by atoms with E-state index >= 15 is 0 Å². The molecule has 9 heteroatoms. The van der Waals surface area contributed by atoms with Crippen molar-refractivity contribution in [3.8, 4) is 45.6 Å². The Hall–Kier alpha value is -4.11. The van der Waals surface area contributed by atoms with Crippen LogP contribution >= 0.6 is 0 Å². The highest BCUT2D eigenvalue weighted by atomic mass is 16.7. The highest BCUT2D eigenvalue weighted by Gasteiger charge is 2.43. The van der Waals surface area contributed by atoms with Gasteiger partial charge in [-0.2, -0.15) is 0 Å². The molecule has 39 heavy (non-hydrogen) atoms. The second-order valence-electron chi connectivity index (χ2n) is 9.57. The average molecular weight is 537 g/mol. The van der Waals surface area contributed by atoms with Crippen LogP contribution in [0, 0.1) is 11.8 Å². The van der Waals surface area contributed by atoms with E-state index in [1.165, 1.54) is 28.4 Å². The van der Waals surface area contributed by atoms with Gasteiger partial charge in [-0.25, -0.2) is 4.79 Å². The van der Waals surface area contributed by atoms with Crippen molar-refractivity contribution in [2.45, 2.75) is 26.1 Å². The largest absolute Gasteiger partial charge is 0.493 e. The van der Waals surface area contributed by atoms with E-state index in [2.05, 4.69) is 0 Å². The molecule has 1 heterocycles. The first kappa shape index (κ1) is 26.5. The van der Waals surface area contributed by atoms with Crippen LogP contribution in [-0.4, -0.2) is 46.3 Å². The predicted molar refractivity (Wildman–Crippen MR) is 142 cm³/mol. The molecule has 0 spiro atoms. The second kappa shape index (κ2) is 10.6. The van der Waals surface area contributed by atoms with Gasteiger partial charge in [0.05, 0.1) is 40.1 Å². The fourth-order valence-electron chi connectivity index (χ4n) is 5.43. The van der Waals surface area contributed by atoms with Gasteiger partial charge in [-0.1, -0.05) is 32.0 Å². The van der Waals surface area contributed by atoms with Gasteiger partial charge < -0.3 is 38.3 Å². The lowest BCUT2D eigenvalue weighted by Crippen LogP contribution is -2.29. The molecule has 0 amide bonds. The normalized spacial score (nSPS) is 21.1. The number of benzene rings is 3. The Morgan fingerprint density at radius 1 is 0.821 bits per heavy atom. The van der Waals surface area contributed by atoms with Gasteiger partial charge >= 0.3 is 5.97 Å². The molecule has 0 aromatic heterocycles. The van der Waals surface area contributed by atoms with E-state index in [1.54, 1.807) is 36.4 Å². The van der Waals surface area contributed by atoms with Crippen LogP contribution in [0.4, 0.5) is 0 Å². The van der Waals surface area contributed by atoms with E-state index in [9.17, 15) is 9.90 Å². The summed E-state index contributed by atoms with van der Waals surface area (Å²) in [7, 11) is 6.08. The fourth-order valence-corrected chi connectivity index (χ4v) is 5.43. The second-order valence-corrected chi connectivity index (χ2v) is 9.57. The summed E-state index contributed by atoms with van der Waals surface area (Å²) in [6.45, 7) is 3.88. The van der Waals surface area contributed by atoms with Crippen LogP contribution in [0.25, 0.3) is 11.1 Å². The summed E-state index contributed by atoms with van der Waals surface area (Å²) in [5, 5.41) is 11.8. The number of aliphatic hydroxyl groups is 1. The summed E-state index contributed by atoms with van der Waals surface area (Å²) < 4.78 is 40.9. The smallest absolute Gasteiger partial charge is 0.338 e. The van der Waals surface area contributed by atoms with Crippen LogP contribution in [-0.2, 0) is 4.74 Å². The lowest BCUT2D eigenvalue weighted by molar-refractivity contribution is -0.0135. The van der Waals surface area contributed by atoms with Crippen molar-refractivity contribution in [1.29, 1.82) is 0 Å². The van der Waals surface area contributed by atoms with Gasteiger partial charge in [-0.3, -0.25) is 0 Å². The Labute approximate surface area is 227 Å². The number of carbonyl (C=O) groups excluding carboxylic acids is 1. The number of hydrogen-bond acceptors (Lipinski definition) is 9. The van der Waals surface area contributed by atoms with Gasteiger partial charge in [0.25, 0.3) is 0 Å². The molecule has 3 aromatic carbocycles. The minimum atomic E-state index is -0.970. The van der Waals surface area contributed by atoms with Crippen LogP contribution in [0.2, 0.25) is 0 Å². The number of hydrogen-bond donors (Lipinski definition) is 1. The van der Waals surface area contributed by atoms with Crippen molar-refractivity contribution >= 4 is 5.97 Å². The minimum Gasteiger partial charge on any atom is -0.493 e. The van der Waals surface area contributed by atoms with Crippen LogP contribution in [0.3, 0.4) is 0 Å². The number of rotatable bonds is 6. The first-order chi connectivity index (χ1) is 18.9. The molecular formula is C30H32O9. The number of methoxy groups -OCH3 is 4. The molecule has 0 saturated heterocycles. The monoisotopic (exact) mass is 536 g/mol.